The van der Waals surface area contributed by atoms with Gasteiger partial charge in [0.25, 0.3) is 0 Å². The summed E-state index contributed by atoms with van der Waals surface area (Å²) >= 11 is 8.20. The van der Waals surface area contributed by atoms with E-state index in [0.717, 1.165) is 23.6 Å². The third-order valence-corrected chi connectivity index (χ3v) is 6.64. The standard InChI is InChI=1S/C24H29ClO2S/c1-4-16-13-20(18-9-10-18)23(14-22(16)25)27-15-21-17(11-12-19(26)5-2)7-6-8-24(21)28-3/h6-8,13-14,18H,4-5,9-12,15H2,1-3H3. The average Bonchev–Trinajstić information content (AvgIpc) is 3.55. The zero-order chi connectivity index (χ0) is 20.1. The number of carbonyl (C=O) groups excluding carboxylic acids is 1. The van der Waals surface area contributed by atoms with Gasteiger partial charge >= 0.3 is 0 Å². The first-order valence-electron chi connectivity index (χ1n) is 10.2. The van der Waals surface area contributed by atoms with Crippen molar-refractivity contribution in [3.05, 3.63) is 57.6 Å². The molecule has 0 bridgehead atoms. The summed E-state index contributed by atoms with van der Waals surface area (Å²) in [5.74, 6) is 1.82. The van der Waals surface area contributed by atoms with E-state index in [0.29, 0.717) is 31.1 Å². The predicted molar refractivity (Wildman–Crippen MR) is 119 cm³/mol. The number of ketones is 1. The molecule has 0 N–H and O–H groups in total. The van der Waals surface area contributed by atoms with Crippen LogP contribution < -0.4 is 4.74 Å². The van der Waals surface area contributed by atoms with E-state index < -0.39 is 0 Å². The molecule has 3 rings (SSSR count). The summed E-state index contributed by atoms with van der Waals surface area (Å²) in [6.45, 7) is 4.57. The Balaban J connectivity index is 1.84. The van der Waals surface area contributed by atoms with Gasteiger partial charge in [-0.05, 0) is 66.7 Å². The summed E-state index contributed by atoms with van der Waals surface area (Å²) < 4.78 is 6.34. The fourth-order valence-corrected chi connectivity index (χ4v) is 4.47. The van der Waals surface area contributed by atoms with Gasteiger partial charge in [-0.2, -0.15) is 0 Å². The van der Waals surface area contributed by atoms with E-state index in [1.165, 1.54) is 40.0 Å². The molecule has 1 saturated carbocycles. The summed E-state index contributed by atoms with van der Waals surface area (Å²) in [6.07, 6.45) is 7.43. The second kappa shape index (κ2) is 9.84. The Morgan fingerprint density at radius 3 is 2.64 bits per heavy atom. The van der Waals surface area contributed by atoms with Crippen LogP contribution in [0.5, 0.6) is 5.75 Å². The first-order chi connectivity index (χ1) is 13.6. The maximum Gasteiger partial charge on any atom is 0.132 e. The van der Waals surface area contributed by atoms with Crippen molar-refractivity contribution in [1.82, 2.24) is 0 Å². The minimum absolute atomic E-state index is 0.305. The highest BCUT2D eigenvalue weighted by Crippen LogP contribution is 2.46. The van der Waals surface area contributed by atoms with Crippen molar-refractivity contribution in [2.45, 2.75) is 69.8 Å². The Bertz CT molecular complexity index is 843. The van der Waals surface area contributed by atoms with Crippen molar-refractivity contribution < 1.29 is 9.53 Å². The van der Waals surface area contributed by atoms with Crippen LogP contribution in [0.15, 0.2) is 35.2 Å². The SMILES string of the molecule is CCC(=O)CCc1cccc(SC)c1COc1cc(Cl)c(CC)cc1C1CC1. The zero-order valence-electron chi connectivity index (χ0n) is 17.0. The maximum absolute atomic E-state index is 11.8. The molecule has 1 aliphatic carbocycles. The van der Waals surface area contributed by atoms with E-state index in [1.54, 1.807) is 11.8 Å². The number of thioether (sulfide) groups is 1. The molecular formula is C24H29ClO2S. The number of Topliss-reactive ketones (excluding diaryl/α,β-unsaturated/α-hetero) is 1. The molecule has 4 heteroatoms. The molecule has 0 radical (unpaired) electrons. The molecule has 0 atom stereocenters. The lowest BCUT2D eigenvalue weighted by molar-refractivity contribution is -0.118. The number of carbonyl (C=O) groups is 1. The first kappa shape index (κ1) is 21.3. The lowest BCUT2D eigenvalue weighted by Crippen LogP contribution is -2.06. The quantitative estimate of drug-likeness (QED) is 0.390. The van der Waals surface area contributed by atoms with Gasteiger partial charge < -0.3 is 4.74 Å². The number of halogens is 1. The Kier molecular flexibility index (Phi) is 7.48. The number of benzene rings is 2. The van der Waals surface area contributed by atoms with E-state index in [2.05, 4.69) is 37.4 Å². The molecule has 2 nitrogen and oxygen atoms in total. The van der Waals surface area contributed by atoms with E-state index in [-0.39, 0.29) is 0 Å². The monoisotopic (exact) mass is 416 g/mol. The molecule has 1 fully saturated rings. The van der Waals surface area contributed by atoms with Gasteiger partial charge in [0.1, 0.15) is 18.1 Å². The van der Waals surface area contributed by atoms with E-state index in [1.807, 2.05) is 13.0 Å². The third kappa shape index (κ3) is 5.12. The van der Waals surface area contributed by atoms with Crippen LogP contribution in [-0.2, 0) is 24.2 Å². The average molecular weight is 417 g/mol. The zero-order valence-corrected chi connectivity index (χ0v) is 18.6. The van der Waals surface area contributed by atoms with Crippen molar-refractivity contribution in [3.8, 4) is 5.75 Å². The van der Waals surface area contributed by atoms with E-state index >= 15 is 0 Å². The lowest BCUT2D eigenvalue weighted by atomic mass is 10.0. The number of ether oxygens (including phenoxy) is 1. The highest BCUT2D eigenvalue weighted by Gasteiger charge is 2.28. The number of hydrogen-bond donors (Lipinski definition) is 0. The summed E-state index contributed by atoms with van der Waals surface area (Å²) in [5.41, 5.74) is 4.89. The molecule has 2 aromatic rings. The minimum atomic E-state index is 0.305. The van der Waals surface area contributed by atoms with Gasteiger partial charge in [-0.3, -0.25) is 4.79 Å². The smallest absolute Gasteiger partial charge is 0.132 e. The number of aryl methyl sites for hydroxylation is 2. The normalized spacial score (nSPS) is 13.6. The summed E-state index contributed by atoms with van der Waals surface area (Å²) in [7, 11) is 0. The van der Waals surface area contributed by atoms with Crippen LogP contribution in [0, 0.1) is 0 Å². The minimum Gasteiger partial charge on any atom is -0.489 e. The molecule has 0 spiro atoms. The molecule has 0 unspecified atom stereocenters. The molecule has 0 aromatic heterocycles. The van der Waals surface area contributed by atoms with Gasteiger partial charge in [0.2, 0.25) is 0 Å². The molecular weight excluding hydrogens is 388 g/mol. The van der Waals surface area contributed by atoms with Gasteiger partial charge in [-0.25, -0.2) is 0 Å². The van der Waals surface area contributed by atoms with E-state index in [4.69, 9.17) is 16.3 Å². The summed E-state index contributed by atoms with van der Waals surface area (Å²) in [4.78, 5) is 13.0. The van der Waals surface area contributed by atoms with Gasteiger partial charge in [0.05, 0.1) is 0 Å². The molecule has 28 heavy (non-hydrogen) atoms. The van der Waals surface area contributed by atoms with Crippen LogP contribution in [-0.4, -0.2) is 12.0 Å². The highest BCUT2D eigenvalue weighted by atomic mass is 35.5. The van der Waals surface area contributed by atoms with Crippen molar-refractivity contribution in [3.63, 3.8) is 0 Å². The Morgan fingerprint density at radius 1 is 1.21 bits per heavy atom. The van der Waals surface area contributed by atoms with Crippen LogP contribution in [0.3, 0.4) is 0 Å². The van der Waals surface area contributed by atoms with Gasteiger partial charge in [0, 0.05) is 28.3 Å². The maximum atomic E-state index is 11.8. The Morgan fingerprint density at radius 2 is 2.00 bits per heavy atom. The summed E-state index contributed by atoms with van der Waals surface area (Å²) in [5, 5.41) is 0.786. The molecule has 1 aliphatic rings. The highest BCUT2D eigenvalue weighted by molar-refractivity contribution is 7.98. The molecule has 150 valence electrons. The summed E-state index contributed by atoms with van der Waals surface area (Å²) in [6, 6.07) is 10.6. The fraction of sp³-hybridized carbons (Fsp3) is 0.458. The molecule has 2 aromatic carbocycles. The van der Waals surface area contributed by atoms with E-state index in [9.17, 15) is 4.79 Å². The number of rotatable bonds is 10. The van der Waals surface area contributed by atoms with Crippen LogP contribution in [0.4, 0.5) is 0 Å². The molecule has 0 amide bonds. The first-order valence-corrected chi connectivity index (χ1v) is 11.8. The van der Waals surface area contributed by atoms with Gasteiger partial charge in [0.15, 0.2) is 0 Å². The molecule has 0 heterocycles. The fourth-order valence-electron chi connectivity index (χ4n) is 3.53. The van der Waals surface area contributed by atoms with Crippen LogP contribution in [0.2, 0.25) is 5.02 Å². The van der Waals surface area contributed by atoms with Crippen LogP contribution in [0.25, 0.3) is 0 Å². The second-order valence-corrected chi connectivity index (χ2v) is 8.64. The molecule has 0 saturated heterocycles. The van der Waals surface area contributed by atoms with Crippen molar-refractivity contribution >= 4 is 29.1 Å². The largest absolute Gasteiger partial charge is 0.489 e. The Labute approximate surface area is 178 Å². The van der Waals surface area contributed by atoms with Gasteiger partial charge in [-0.15, -0.1) is 11.8 Å². The predicted octanol–water partition coefficient (Wildman–Crippen LogP) is 6.99. The van der Waals surface area contributed by atoms with Gasteiger partial charge in [-0.1, -0.05) is 43.6 Å². The lowest BCUT2D eigenvalue weighted by Gasteiger charge is -2.17. The van der Waals surface area contributed by atoms with Crippen molar-refractivity contribution in [2.24, 2.45) is 0 Å². The topological polar surface area (TPSA) is 26.3 Å². The van der Waals surface area contributed by atoms with Crippen molar-refractivity contribution in [1.29, 1.82) is 0 Å². The van der Waals surface area contributed by atoms with Crippen LogP contribution >= 0.6 is 23.4 Å². The van der Waals surface area contributed by atoms with Crippen LogP contribution in [0.1, 0.15) is 67.7 Å². The second-order valence-electron chi connectivity index (χ2n) is 7.39. The van der Waals surface area contributed by atoms with Crippen molar-refractivity contribution in [2.75, 3.05) is 6.26 Å². The molecule has 0 aliphatic heterocycles. The third-order valence-electron chi connectivity index (χ3n) is 5.47. The number of hydrogen-bond acceptors (Lipinski definition) is 3. The Hall–Kier alpha value is -1.45.